The fraction of sp³-hybridized carbons (Fsp3) is 0.208. The molecular weight excluding hydrogens is 390 g/mol. The lowest BCUT2D eigenvalue weighted by Gasteiger charge is -2.18. The maximum atomic E-state index is 11.7. The van der Waals surface area contributed by atoms with E-state index in [1.807, 2.05) is 61.5 Å². The first-order chi connectivity index (χ1) is 15.1. The van der Waals surface area contributed by atoms with Crippen LogP contribution in [0.4, 0.5) is 11.6 Å². The van der Waals surface area contributed by atoms with Gasteiger partial charge in [0.2, 0.25) is 0 Å². The molecule has 0 bridgehead atoms. The van der Waals surface area contributed by atoms with Crippen LogP contribution in [0.5, 0.6) is 11.5 Å². The van der Waals surface area contributed by atoms with Crippen molar-refractivity contribution in [3.8, 4) is 35.0 Å². The van der Waals surface area contributed by atoms with Gasteiger partial charge in [0, 0.05) is 19.6 Å². The van der Waals surface area contributed by atoms with E-state index in [-0.39, 0.29) is 5.91 Å². The Kier molecular flexibility index (Phi) is 7.44. The second-order valence-electron chi connectivity index (χ2n) is 6.73. The minimum atomic E-state index is -0.299. The lowest BCUT2D eigenvalue weighted by Crippen LogP contribution is -2.31. The molecule has 3 aromatic rings. The van der Waals surface area contributed by atoms with E-state index in [0.717, 1.165) is 22.6 Å². The number of aromatic nitrogens is 2. The van der Waals surface area contributed by atoms with Crippen LogP contribution < -0.4 is 15.8 Å². The van der Waals surface area contributed by atoms with E-state index >= 15 is 0 Å². The first kappa shape index (κ1) is 21.7. The number of ether oxygens (including phenoxy) is 1. The summed E-state index contributed by atoms with van der Waals surface area (Å²) in [6, 6.07) is 17.2. The van der Waals surface area contributed by atoms with Crippen molar-refractivity contribution >= 4 is 17.5 Å². The highest BCUT2D eigenvalue weighted by atomic mass is 16.5. The summed E-state index contributed by atoms with van der Waals surface area (Å²) in [6.07, 6.45) is 7.34. The Morgan fingerprint density at radius 2 is 1.84 bits per heavy atom. The molecule has 31 heavy (non-hydrogen) atoms. The van der Waals surface area contributed by atoms with Crippen molar-refractivity contribution in [2.24, 2.45) is 0 Å². The third-order valence-electron chi connectivity index (χ3n) is 4.69. The quantitative estimate of drug-likeness (QED) is 0.408. The molecule has 3 rings (SSSR count). The molecule has 7 heteroatoms. The smallest absolute Gasteiger partial charge is 0.298 e. The van der Waals surface area contributed by atoms with Crippen LogP contribution in [0.15, 0.2) is 60.9 Å². The monoisotopic (exact) mass is 415 g/mol. The van der Waals surface area contributed by atoms with E-state index in [0.29, 0.717) is 37.7 Å². The van der Waals surface area contributed by atoms with Crippen LogP contribution >= 0.6 is 0 Å². The normalized spacial score (nSPS) is 10.2. The second-order valence-corrected chi connectivity index (χ2v) is 6.73. The molecule has 0 fully saturated rings. The molecule has 0 radical (unpaired) electrons. The number of nitrogen functional groups attached to an aromatic ring is 1. The Hall–Kier alpha value is -4.05. The molecule has 3 N–H and O–H groups in total. The van der Waals surface area contributed by atoms with Crippen molar-refractivity contribution in [1.82, 2.24) is 14.9 Å². The topological polar surface area (TPSA) is 93.4 Å². The van der Waals surface area contributed by atoms with Gasteiger partial charge >= 0.3 is 0 Å². The second kappa shape index (κ2) is 10.6. The summed E-state index contributed by atoms with van der Waals surface area (Å²) in [5.41, 5.74) is 7.75. The number of anilines is 2. The first-order valence-corrected chi connectivity index (χ1v) is 10.1. The molecule has 0 atom stereocenters. The summed E-state index contributed by atoms with van der Waals surface area (Å²) in [4.78, 5) is 21.8. The van der Waals surface area contributed by atoms with E-state index in [1.165, 1.54) is 6.33 Å². The van der Waals surface area contributed by atoms with Gasteiger partial charge in [-0.05, 0) is 49.1 Å². The minimum absolute atomic E-state index is 0.299. The Bertz CT molecular complexity index is 1050. The molecule has 0 saturated heterocycles. The molecule has 1 aromatic heterocycles. The average molecular weight is 415 g/mol. The largest absolute Gasteiger partial charge is 0.457 e. The predicted molar refractivity (Wildman–Crippen MR) is 123 cm³/mol. The number of para-hydroxylation sites is 1. The third-order valence-corrected chi connectivity index (χ3v) is 4.69. The maximum absolute atomic E-state index is 11.7. The van der Waals surface area contributed by atoms with Crippen LogP contribution in [0.3, 0.4) is 0 Å². The van der Waals surface area contributed by atoms with Crippen LogP contribution in [-0.4, -0.2) is 40.4 Å². The summed E-state index contributed by atoms with van der Waals surface area (Å²) >= 11 is 0. The summed E-state index contributed by atoms with van der Waals surface area (Å²) < 4.78 is 5.85. The minimum Gasteiger partial charge on any atom is -0.457 e. The number of amides is 1. The van der Waals surface area contributed by atoms with Gasteiger partial charge in [0.1, 0.15) is 29.5 Å². The summed E-state index contributed by atoms with van der Waals surface area (Å²) in [5.74, 6) is 4.36. The molecule has 0 aliphatic rings. The lowest BCUT2D eigenvalue weighted by atomic mass is 10.1. The molecule has 0 saturated carbocycles. The number of hydrogen-bond acceptors (Lipinski definition) is 6. The zero-order chi connectivity index (χ0) is 22.1. The number of nitrogens with two attached hydrogens (primary N) is 1. The highest BCUT2D eigenvalue weighted by Crippen LogP contribution is 2.32. The highest BCUT2D eigenvalue weighted by molar-refractivity contribution is 5.92. The maximum Gasteiger partial charge on any atom is 0.298 e. The van der Waals surface area contributed by atoms with Crippen molar-refractivity contribution in [2.45, 2.75) is 13.3 Å². The number of rotatable bonds is 9. The van der Waals surface area contributed by atoms with Crippen LogP contribution in [-0.2, 0) is 4.79 Å². The van der Waals surface area contributed by atoms with Gasteiger partial charge in [-0.3, -0.25) is 4.79 Å². The van der Waals surface area contributed by atoms with Gasteiger partial charge < -0.3 is 20.7 Å². The SMILES string of the molecule is C#CC(=O)N(CC)CCCNc1ncnc(N)c1-c1ccc(Oc2ccccc2)cc1. The molecule has 7 nitrogen and oxygen atoms in total. The van der Waals surface area contributed by atoms with E-state index in [4.69, 9.17) is 16.9 Å². The van der Waals surface area contributed by atoms with Gasteiger partial charge in [-0.1, -0.05) is 30.3 Å². The van der Waals surface area contributed by atoms with Gasteiger partial charge in [0.15, 0.2) is 0 Å². The first-order valence-electron chi connectivity index (χ1n) is 10.1. The molecule has 158 valence electrons. The van der Waals surface area contributed by atoms with Gasteiger partial charge in [0.25, 0.3) is 5.91 Å². The standard InChI is InChI=1S/C24H25N5O2/c1-3-21(30)29(4-2)16-8-15-26-24-22(23(25)27-17-28-24)18-11-13-20(14-12-18)31-19-9-6-5-7-10-19/h1,5-7,9-14,17H,4,8,15-16H2,2H3,(H3,25,26,27,28). The fourth-order valence-corrected chi connectivity index (χ4v) is 3.10. The third kappa shape index (κ3) is 5.73. The number of nitrogens with zero attached hydrogens (tertiary/aromatic N) is 3. The van der Waals surface area contributed by atoms with Gasteiger partial charge in [0.05, 0.1) is 5.56 Å². The molecule has 1 heterocycles. The molecule has 1 amide bonds. The van der Waals surface area contributed by atoms with Crippen molar-refractivity contribution in [3.63, 3.8) is 0 Å². The Morgan fingerprint density at radius 3 is 2.52 bits per heavy atom. The van der Waals surface area contributed by atoms with Crippen molar-refractivity contribution < 1.29 is 9.53 Å². The predicted octanol–water partition coefficient (Wildman–Crippen LogP) is 3.80. The highest BCUT2D eigenvalue weighted by Gasteiger charge is 2.13. The number of nitrogens with one attached hydrogen (secondary N) is 1. The van der Waals surface area contributed by atoms with Crippen LogP contribution in [0.25, 0.3) is 11.1 Å². The van der Waals surface area contributed by atoms with Crippen molar-refractivity contribution in [1.29, 1.82) is 0 Å². The van der Waals surface area contributed by atoms with E-state index in [9.17, 15) is 4.79 Å². The summed E-state index contributed by atoms with van der Waals surface area (Å²) in [7, 11) is 0. The number of benzene rings is 2. The number of hydrogen-bond donors (Lipinski definition) is 2. The molecule has 0 spiro atoms. The molecule has 0 unspecified atom stereocenters. The van der Waals surface area contributed by atoms with Crippen molar-refractivity contribution in [3.05, 3.63) is 60.9 Å². The number of carbonyl (C=O) groups excluding carboxylic acids is 1. The van der Waals surface area contributed by atoms with E-state index < -0.39 is 0 Å². The van der Waals surface area contributed by atoms with Crippen molar-refractivity contribution in [2.75, 3.05) is 30.7 Å². The molecular formula is C24H25N5O2. The van der Waals surface area contributed by atoms with Gasteiger partial charge in [-0.15, -0.1) is 6.42 Å². The van der Waals surface area contributed by atoms with Crippen LogP contribution in [0, 0.1) is 12.3 Å². The average Bonchev–Trinajstić information content (AvgIpc) is 2.80. The molecule has 0 aliphatic heterocycles. The lowest BCUT2D eigenvalue weighted by molar-refractivity contribution is -0.124. The zero-order valence-electron chi connectivity index (χ0n) is 17.4. The van der Waals surface area contributed by atoms with Crippen LogP contribution in [0.1, 0.15) is 13.3 Å². The molecule has 2 aromatic carbocycles. The van der Waals surface area contributed by atoms with Gasteiger partial charge in [-0.2, -0.15) is 0 Å². The van der Waals surface area contributed by atoms with Crippen LogP contribution in [0.2, 0.25) is 0 Å². The van der Waals surface area contributed by atoms with E-state index in [1.54, 1.807) is 4.90 Å². The number of carbonyl (C=O) groups is 1. The Morgan fingerprint density at radius 1 is 1.13 bits per heavy atom. The van der Waals surface area contributed by atoms with E-state index in [2.05, 4.69) is 21.2 Å². The summed E-state index contributed by atoms with van der Waals surface area (Å²) in [5, 5.41) is 3.29. The molecule has 0 aliphatic carbocycles. The summed E-state index contributed by atoms with van der Waals surface area (Å²) in [6.45, 7) is 3.64. The van der Waals surface area contributed by atoms with Gasteiger partial charge in [-0.25, -0.2) is 9.97 Å². The Balaban J connectivity index is 1.68. The fourth-order valence-electron chi connectivity index (χ4n) is 3.10. The Labute approximate surface area is 182 Å². The number of terminal acetylenes is 1. The zero-order valence-corrected chi connectivity index (χ0v) is 17.4.